The van der Waals surface area contributed by atoms with Crippen LogP contribution in [0.2, 0.25) is 5.02 Å². The predicted octanol–water partition coefficient (Wildman–Crippen LogP) is 3.42. The van der Waals surface area contributed by atoms with Crippen molar-refractivity contribution in [2.24, 2.45) is 0 Å². The lowest BCUT2D eigenvalue weighted by Gasteiger charge is -2.24. The van der Waals surface area contributed by atoms with Crippen LogP contribution in [0.15, 0.2) is 42.5 Å². The SMILES string of the molecule is CCN1C(=O)[C@@H](CC(=O)Nc2ccc(Cl)cc2)N(Cc2ccc3c(c2)OCO3)C1=S. The Labute approximate surface area is 184 Å². The smallest absolute Gasteiger partial charge is 0.252 e. The largest absolute Gasteiger partial charge is 0.454 e. The van der Waals surface area contributed by atoms with Crippen LogP contribution in [0.4, 0.5) is 5.69 Å². The van der Waals surface area contributed by atoms with Gasteiger partial charge in [0.25, 0.3) is 5.91 Å². The van der Waals surface area contributed by atoms with Crippen molar-refractivity contribution in [2.75, 3.05) is 18.7 Å². The summed E-state index contributed by atoms with van der Waals surface area (Å²) in [7, 11) is 0. The molecule has 1 fully saturated rings. The zero-order chi connectivity index (χ0) is 21.3. The first-order chi connectivity index (χ1) is 14.5. The van der Waals surface area contributed by atoms with Crippen molar-refractivity contribution in [1.82, 2.24) is 9.80 Å². The number of carbonyl (C=O) groups excluding carboxylic acids is 2. The zero-order valence-corrected chi connectivity index (χ0v) is 17.8. The number of rotatable bonds is 6. The summed E-state index contributed by atoms with van der Waals surface area (Å²) in [4.78, 5) is 28.9. The van der Waals surface area contributed by atoms with E-state index >= 15 is 0 Å². The lowest BCUT2D eigenvalue weighted by molar-refractivity contribution is -0.130. The first-order valence-electron chi connectivity index (χ1n) is 9.52. The molecule has 2 aliphatic heterocycles. The number of carbonyl (C=O) groups is 2. The number of fused-ring (bicyclic) bond motifs is 1. The van der Waals surface area contributed by atoms with E-state index in [1.54, 1.807) is 29.2 Å². The molecule has 1 N–H and O–H groups in total. The quantitative estimate of drug-likeness (QED) is 0.687. The van der Waals surface area contributed by atoms with Crippen molar-refractivity contribution in [3.05, 3.63) is 53.1 Å². The van der Waals surface area contributed by atoms with Crippen molar-refractivity contribution in [1.29, 1.82) is 0 Å². The van der Waals surface area contributed by atoms with Gasteiger partial charge in [0.15, 0.2) is 16.6 Å². The number of anilines is 1. The van der Waals surface area contributed by atoms with E-state index in [4.69, 9.17) is 33.3 Å². The summed E-state index contributed by atoms with van der Waals surface area (Å²) < 4.78 is 10.8. The summed E-state index contributed by atoms with van der Waals surface area (Å²) in [5.74, 6) is 0.905. The van der Waals surface area contributed by atoms with E-state index in [1.165, 1.54) is 4.90 Å². The number of ether oxygens (including phenoxy) is 2. The van der Waals surface area contributed by atoms with Gasteiger partial charge < -0.3 is 19.7 Å². The van der Waals surface area contributed by atoms with Crippen molar-refractivity contribution in [3.8, 4) is 11.5 Å². The Hall–Kier alpha value is -2.84. The maximum atomic E-state index is 12.9. The van der Waals surface area contributed by atoms with Gasteiger partial charge in [-0.3, -0.25) is 14.5 Å². The summed E-state index contributed by atoms with van der Waals surface area (Å²) in [6.07, 6.45) is -0.0113. The average Bonchev–Trinajstić information content (AvgIpc) is 3.27. The van der Waals surface area contributed by atoms with Crippen molar-refractivity contribution in [2.45, 2.75) is 25.9 Å². The molecule has 0 saturated carbocycles. The van der Waals surface area contributed by atoms with Gasteiger partial charge in [0, 0.05) is 23.8 Å². The number of thiocarbonyl (C=S) groups is 1. The first-order valence-corrected chi connectivity index (χ1v) is 10.3. The third-order valence-corrected chi connectivity index (χ3v) is 5.72. The van der Waals surface area contributed by atoms with Gasteiger partial charge in [-0.25, -0.2) is 0 Å². The summed E-state index contributed by atoms with van der Waals surface area (Å²) in [5, 5.41) is 3.81. The fourth-order valence-corrected chi connectivity index (χ4v) is 4.06. The van der Waals surface area contributed by atoms with E-state index in [0.29, 0.717) is 40.4 Å². The second-order valence-corrected chi connectivity index (χ2v) is 7.76. The fraction of sp³-hybridized carbons (Fsp3) is 0.286. The molecule has 2 aliphatic rings. The molecular weight excluding hydrogens is 426 g/mol. The van der Waals surface area contributed by atoms with Gasteiger partial charge in [0.2, 0.25) is 12.7 Å². The molecule has 0 radical (unpaired) electrons. The van der Waals surface area contributed by atoms with Crippen LogP contribution in [0.3, 0.4) is 0 Å². The number of hydrogen-bond acceptors (Lipinski definition) is 5. The Balaban J connectivity index is 1.51. The summed E-state index contributed by atoms with van der Waals surface area (Å²) in [5.41, 5.74) is 1.53. The van der Waals surface area contributed by atoms with Gasteiger partial charge in [-0.2, -0.15) is 0 Å². The monoisotopic (exact) mass is 445 g/mol. The second kappa shape index (κ2) is 8.49. The third-order valence-electron chi connectivity index (χ3n) is 5.02. The minimum Gasteiger partial charge on any atom is -0.454 e. The zero-order valence-electron chi connectivity index (χ0n) is 16.3. The Morgan fingerprint density at radius 1 is 1.20 bits per heavy atom. The Morgan fingerprint density at radius 2 is 1.93 bits per heavy atom. The first kappa shape index (κ1) is 20.4. The molecule has 2 amide bonds. The van der Waals surface area contributed by atoms with Crippen LogP contribution in [0.5, 0.6) is 11.5 Å². The molecule has 7 nitrogen and oxygen atoms in total. The fourth-order valence-electron chi connectivity index (χ4n) is 3.52. The van der Waals surface area contributed by atoms with Gasteiger partial charge >= 0.3 is 0 Å². The number of nitrogens with one attached hydrogen (secondary N) is 1. The average molecular weight is 446 g/mol. The van der Waals surface area contributed by atoms with E-state index < -0.39 is 6.04 Å². The van der Waals surface area contributed by atoms with Gasteiger partial charge in [0.05, 0.1) is 6.42 Å². The van der Waals surface area contributed by atoms with Gasteiger partial charge in [-0.15, -0.1) is 0 Å². The molecule has 0 aliphatic carbocycles. The highest BCUT2D eigenvalue weighted by molar-refractivity contribution is 7.80. The number of nitrogens with zero attached hydrogens (tertiary/aromatic N) is 2. The van der Waals surface area contributed by atoms with Crippen molar-refractivity contribution >= 4 is 46.4 Å². The maximum absolute atomic E-state index is 12.9. The van der Waals surface area contributed by atoms with E-state index in [-0.39, 0.29) is 25.0 Å². The third kappa shape index (κ3) is 4.06. The molecule has 30 heavy (non-hydrogen) atoms. The van der Waals surface area contributed by atoms with E-state index in [2.05, 4.69) is 5.32 Å². The molecular formula is C21H20ClN3O4S. The molecule has 4 rings (SSSR count). The standard InChI is InChI=1S/C21H20ClN3O4S/c1-2-24-20(27)16(10-19(26)23-15-6-4-14(22)5-7-15)25(21(24)30)11-13-3-8-17-18(9-13)29-12-28-17/h3-9,16H,2,10-12H2,1H3,(H,23,26)/t16-/m1/s1. The molecule has 0 unspecified atom stereocenters. The molecule has 0 bridgehead atoms. The van der Waals surface area contributed by atoms with Crippen LogP contribution in [0.1, 0.15) is 18.9 Å². The van der Waals surface area contributed by atoms with Crippen LogP contribution in [-0.2, 0) is 16.1 Å². The molecule has 1 atom stereocenters. The molecule has 2 aromatic carbocycles. The van der Waals surface area contributed by atoms with Crippen LogP contribution in [-0.4, -0.2) is 46.1 Å². The normalized spacial score (nSPS) is 17.6. The summed E-state index contributed by atoms with van der Waals surface area (Å²) >= 11 is 11.4. The van der Waals surface area contributed by atoms with Crippen LogP contribution in [0.25, 0.3) is 0 Å². The molecule has 0 aromatic heterocycles. The minimum atomic E-state index is -0.671. The molecule has 2 aromatic rings. The molecule has 156 valence electrons. The van der Waals surface area contributed by atoms with E-state index in [0.717, 1.165) is 5.56 Å². The highest BCUT2D eigenvalue weighted by atomic mass is 35.5. The number of halogens is 1. The molecule has 1 saturated heterocycles. The Kier molecular flexibility index (Phi) is 5.78. The Bertz CT molecular complexity index is 998. The van der Waals surface area contributed by atoms with Crippen LogP contribution < -0.4 is 14.8 Å². The maximum Gasteiger partial charge on any atom is 0.252 e. The highest BCUT2D eigenvalue weighted by Gasteiger charge is 2.42. The van der Waals surface area contributed by atoms with Crippen LogP contribution in [0, 0.1) is 0 Å². The lowest BCUT2D eigenvalue weighted by Crippen LogP contribution is -2.37. The van der Waals surface area contributed by atoms with Crippen LogP contribution >= 0.6 is 23.8 Å². The van der Waals surface area contributed by atoms with E-state index in [9.17, 15) is 9.59 Å². The number of benzene rings is 2. The Morgan fingerprint density at radius 3 is 2.67 bits per heavy atom. The second-order valence-electron chi connectivity index (χ2n) is 6.96. The van der Waals surface area contributed by atoms with Gasteiger partial charge in [-0.1, -0.05) is 17.7 Å². The number of amides is 2. The van der Waals surface area contributed by atoms with Gasteiger partial charge in [-0.05, 0) is 61.1 Å². The van der Waals surface area contributed by atoms with E-state index in [1.807, 2.05) is 25.1 Å². The van der Waals surface area contributed by atoms with Crippen molar-refractivity contribution in [3.63, 3.8) is 0 Å². The summed E-state index contributed by atoms with van der Waals surface area (Å²) in [6.45, 7) is 2.89. The van der Waals surface area contributed by atoms with Crippen molar-refractivity contribution < 1.29 is 19.1 Å². The highest BCUT2D eigenvalue weighted by Crippen LogP contribution is 2.33. The lowest BCUT2D eigenvalue weighted by atomic mass is 10.1. The number of likely N-dealkylation sites (N-methyl/N-ethyl adjacent to an activating group) is 1. The van der Waals surface area contributed by atoms with Gasteiger partial charge in [0.1, 0.15) is 6.04 Å². The minimum absolute atomic E-state index is 0.0113. The molecule has 9 heteroatoms. The predicted molar refractivity (Wildman–Crippen MR) is 117 cm³/mol. The summed E-state index contributed by atoms with van der Waals surface area (Å²) in [6, 6.07) is 11.7. The number of hydrogen-bond donors (Lipinski definition) is 1. The molecule has 2 heterocycles. The molecule has 0 spiro atoms. The topological polar surface area (TPSA) is 71.1 Å².